The summed E-state index contributed by atoms with van der Waals surface area (Å²) in [5.41, 5.74) is 3.36. The van der Waals surface area contributed by atoms with Gasteiger partial charge in [-0.3, -0.25) is 9.69 Å². The third-order valence-corrected chi connectivity index (χ3v) is 6.34. The molecular weight excluding hydrogens is 384 g/mol. The second-order valence-corrected chi connectivity index (χ2v) is 8.66. The number of piperidine rings is 1. The van der Waals surface area contributed by atoms with Gasteiger partial charge in [0.1, 0.15) is 11.5 Å². The van der Waals surface area contributed by atoms with Gasteiger partial charge in [0.2, 0.25) is 5.91 Å². The summed E-state index contributed by atoms with van der Waals surface area (Å²) in [6.07, 6.45) is 2.22. The Bertz CT molecular complexity index is 933. The summed E-state index contributed by atoms with van der Waals surface area (Å²) in [7, 11) is 0. The fourth-order valence-corrected chi connectivity index (χ4v) is 4.56. The van der Waals surface area contributed by atoms with Crippen LogP contribution in [0.15, 0.2) is 71.1 Å². The standard InChI is InChI=1S/C27H32N2O2/c1-20-17-25(21(2)31-20)19-29-15-13-22(14-16-29)18-28-27(30)26(23-9-5-3-6-10-23)24-11-7-4-8-12-24/h3-12,17,22,26H,13-16,18-19H2,1-2H3,(H,28,30). The molecule has 0 saturated carbocycles. The molecular formula is C27H32N2O2. The zero-order chi connectivity index (χ0) is 21.6. The largest absolute Gasteiger partial charge is 0.466 e. The van der Waals surface area contributed by atoms with Crippen LogP contribution in [-0.2, 0) is 11.3 Å². The van der Waals surface area contributed by atoms with Gasteiger partial charge in [-0.05, 0) is 62.9 Å². The topological polar surface area (TPSA) is 45.5 Å². The van der Waals surface area contributed by atoms with Crippen LogP contribution in [0.4, 0.5) is 0 Å². The summed E-state index contributed by atoms with van der Waals surface area (Å²) >= 11 is 0. The molecule has 1 amide bonds. The van der Waals surface area contributed by atoms with E-state index in [4.69, 9.17) is 4.42 Å². The van der Waals surface area contributed by atoms with Crippen molar-refractivity contribution in [3.63, 3.8) is 0 Å². The molecule has 1 saturated heterocycles. The minimum Gasteiger partial charge on any atom is -0.466 e. The van der Waals surface area contributed by atoms with Gasteiger partial charge in [-0.1, -0.05) is 60.7 Å². The Kier molecular flexibility index (Phi) is 6.88. The lowest BCUT2D eigenvalue weighted by Crippen LogP contribution is -2.39. The van der Waals surface area contributed by atoms with E-state index < -0.39 is 0 Å². The molecule has 0 bridgehead atoms. The average Bonchev–Trinajstić information content (AvgIpc) is 3.11. The SMILES string of the molecule is Cc1cc(CN2CCC(CNC(=O)C(c3ccccc3)c3ccccc3)CC2)c(C)o1. The molecule has 1 aliphatic rings. The fraction of sp³-hybridized carbons (Fsp3) is 0.370. The minimum atomic E-state index is -0.269. The van der Waals surface area contributed by atoms with E-state index in [-0.39, 0.29) is 11.8 Å². The highest BCUT2D eigenvalue weighted by Gasteiger charge is 2.25. The molecule has 31 heavy (non-hydrogen) atoms. The van der Waals surface area contributed by atoms with Gasteiger partial charge in [0.05, 0.1) is 5.92 Å². The summed E-state index contributed by atoms with van der Waals surface area (Å²) in [6.45, 7) is 7.86. The van der Waals surface area contributed by atoms with Gasteiger partial charge in [0.25, 0.3) is 0 Å². The maximum atomic E-state index is 13.2. The number of hydrogen-bond donors (Lipinski definition) is 1. The van der Waals surface area contributed by atoms with Crippen molar-refractivity contribution >= 4 is 5.91 Å². The van der Waals surface area contributed by atoms with Crippen molar-refractivity contribution in [3.8, 4) is 0 Å². The Morgan fingerprint density at radius 3 is 2.10 bits per heavy atom. The van der Waals surface area contributed by atoms with Crippen LogP contribution in [0.25, 0.3) is 0 Å². The number of nitrogens with zero attached hydrogens (tertiary/aromatic N) is 1. The monoisotopic (exact) mass is 416 g/mol. The molecule has 1 N–H and O–H groups in total. The van der Waals surface area contributed by atoms with E-state index in [0.29, 0.717) is 5.92 Å². The molecule has 162 valence electrons. The number of nitrogens with one attached hydrogen (secondary N) is 1. The van der Waals surface area contributed by atoms with Crippen molar-refractivity contribution < 1.29 is 9.21 Å². The molecule has 4 nitrogen and oxygen atoms in total. The highest BCUT2D eigenvalue weighted by atomic mass is 16.3. The molecule has 3 aromatic rings. The van der Waals surface area contributed by atoms with Crippen LogP contribution in [0.3, 0.4) is 0 Å². The van der Waals surface area contributed by atoms with Crippen molar-refractivity contribution in [1.82, 2.24) is 10.2 Å². The Hall–Kier alpha value is -2.85. The van der Waals surface area contributed by atoms with Crippen LogP contribution in [-0.4, -0.2) is 30.4 Å². The molecule has 0 atom stereocenters. The number of hydrogen-bond acceptors (Lipinski definition) is 3. The van der Waals surface area contributed by atoms with Crippen molar-refractivity contribution in [2.75, 3.05) is 19.6 Å². The molecule has 0 unspecified atom stereocenters. The molecule has 0 radical (unpaired) electrons. The number of carbonyl (C=O) groups excluding carboxylic acids is 1. The van der Waals surface area contributed by atoms with E-state index >= 15 is 0 Å². The first-order chi connectivity index (χ1) is 15.1. The molecule has 4 rings (SSSR count). The maximum Gasteiger partial charge on any atom is 0.232 e. The molecule has 1 aromatic heterocycles. The van der Waals surface area contributed by atoms with Crippen molar-refractivity contribution in [3.05, 3.63) is 94.9 Å². The maximum absolute atomic E-state index is 13.2. The van der Waals surface area contributed by atoms with E-state index in [2.05, 4.69) is 16.3 Å². The summed E-state index contributed by atoms with van der Waals surface area (Å²) in [5.74, 6) is 2.36. The molecule has 1 aliphatic heterocycles. The highest BCUT2D eigenvalue weighted by Crippen LogP contribution is 2.26. The highest BCUT2D eigenvalue weighted by molar-refractivity contribution is 5.87. The Morgan fingerprint density at radius 2 is 1.58 bits per heavy atom. The smallest absolute Gasteiger partial charge is 0.232 e. The lowest BCUT2D eigenvalue weighted by atomic mass is 9.90. The van der Waals surface area contributed by atoms with Gasteiger partial charge in [-0.2, -0.15) is 0 Å². The first-order valence-electron chi connectivity index (χ1n) is 11.3. The molecule has 2 heterocycles. The number of rotatable bonds is 7. The summed E-state index contributed by atoms with van der Waals surface area (Å²) < 4.78 is 5.66. The first kappa shape index (κ1) is 21.4. The van der Waals surface area contributed by atoms with Gasteiger partial charge >= 0.3 is 0 Å². The molecule has 2 aromatic carbocycles. The summed E-state index contributed by atoms with van der Waals surface area (Å²) in [4.78, 5) is 15.7. The van der Waals surface area contributed by atoms with E-state index in [1.165, 1.54) is 5.56 Å². The summed E-state index contributed by atoms with van der Waals surface area (Å²) in [6, 6.07) is 22.3. The van der Waals surface area contributed by atoms with Gasteiger partial charge < -0.3 is 9.73 Å². The van der Waals surface area contributed by atoms with E-state index in [1.807, 2.05) is 74.5 Å². The Labute approximate surface area is 185 Å². The predicted octanol–water partition coefficient (Wildman–Crippen LogP) is 5.06. The molecule has 4 heteroatoms. The van der Waals surface area contributed by atoms with Gasteiger partial charge in [-0.25, -0.2) is 0 Å². The number of likely N-dealkylation sites (tertiary alicyclic amines) is 1. The van der Waals surface area contributed by atoms with Gasteiger partial charge in [0.15, 0.2) is 0 Å². The molecule has 1 fully saturated rings. The summed E-state index contributed by atoms with van der Waals surface area (Å²) in [5, 5.41) is 3.25. The number of aryl methyl sites for hydroxylation is 2. The number of benzene rings is 2. The van der Waals surface area contributed by atoms with E-state index in [1.54, 1.807) is 0 Å². The number of amides is 1. The lowest BCUT2D eigenvalue weighted by Gasteiger charge is -2.32. The van der Waals surface area contributed by atoms with Crippen LogP contribution in [0.5, 0.6) is 0 Å². The van der Waals surface area contributed by atoms with Crippen LogP contribution in [0, 0.1) is 19.8 Å². The molecule has 0 spiro atoms. The third kappa shape index (κ3) is 5.45. The normalized spacial score (nSPS) is 15.3. The lowest BCUT2D eigenvalue weighted by molar-refractivity contribution is -0.122. The van der Waals surface area contributed by atoms with E-state index in [9.17, 15) is 4.79 Å². The van der Waals surface area contributed by atoms with Crippen LogP contribution in [0.1, 0.15) is 47.0 Å². The van der Waals surface area contributed by atoms with Crippen LogP contribution < -0.4 is 5.32 Å². The Morgan fingerprint density at radius 1 is 1.00 bits per heavy atom. The van der Waals surface area contributed by atoms with Gasteiger partial charge in [0, 0.05) is 18.7 Å². The quantitative estimate of drug-likeness (QED) is 0.586. The first-order valence-corrected chi connectivity index (χ1v) is 11.3. The Balaban J connectivity index is 1.32. The van der Waals surface area contributed by atoms with E-state index in [0.717, 1.165) is 61.7 Å². The average molecular weight is 417 g/mol. The van der Waals surface area contributed by atoms with Crippen molar-refractivity contribution in [1.29, 1.82) is 0 Å². The number of furan rings is 1. The third-order valence-electron chi connectivity index (χ3n) is 6.34. The minimum absolute atomic E-state index is 0.0873. The van der Waals surface area contributed by atoms with Crippen molar-refractivity contribution in [2.24, 2.45) is 5.92 Å². The number of carbonyl (C=O) groups is 1. The zero-order valence-electron chi connectivity index (χ0n) is 18.5. The van der Waals surface area contributed by atoms with Gasteiger partial charge in [-0.15, -0.1) is 0 Å². The second-order valence-electron chi connectivity index (χ2n) is 8.66. The molecule has 0 aliphatic carbocycles. The van der Waals surface area contributed by atoms with Crippen LogP contribution >= 0.6 is 0 Å². The van der Waals surface area contributed by atoms with Crippen molar-refractivity contribution in [2.45, 2.75) is 39.2 Å². The zero-order valence-corrected chi connectivity index (χ0v) is 18.5. The second kappa shape index (κ2) is 9.97. The predicted molar refractivity (Wildman–Crippen MR) is 124 cm³/mol. The van der Waals surface area contributed by atoms with Crippen LogP contribution in [0.2, 0.25) is 0 Å². The fourth-order valence-electron chi connectivity index (χ4n) is 4.56.